The van der Waals surface area contributed by atoms with E-state index < -0.39 is 0 Å². The number of rotatable bonds is 10. The highest BCUT2D eigenvalue weighted by Crippen LogP contribution is 2.04. The van der Waals surface area contributed by atoms with Crippen LogP contribution in [0.15, 0.2) is 30.3 Å². The highest BCUT2D eigenvalue weighted by atomic mass is 35.5. The molecule has 0 aliphatic heterocycles. The molecule has 0 aliphatic rings. The van der Waals surface area contributed by atoms with Crippen LogP contribution in [0, 0.1) is 0 Å². The maximum absolute atomic E-state index is 9.18. The molecule has 4 heteroatoms. The number of hydrogen-bond acceptors (Lipinski definition) is 3. The fourth-order valence-corrected chi connectivity index (χ4v) is 1.64. The maximum Gasteiger partial charge on any atom is 0.104 e. The summed E-state index contributed by atoms with van der Waals surface area (Å²) in [6, 6.07) is 9.89. The molecule has 0 spiro atoms. The van der Waals surface area contributed by atoms with Crippen molar-refractivity contribution in [1.29, 1.82) is 0 Å². The lowest BCUT2D eigenvalue weighted by Gasteiger charge is -2.15. The molecule has 0 heterocycles. The van der Waals surface area contributed by atoms with Crippen LogP contribution in [-0.2, 0) is 16.1 Å². The Morgan fingerprint density at radius 2 is 1.94 bits per heavy atom. The van der Waals surface area contributed by atoms with E-state index in [1.165, 1.54) is 0 Å². The third-order valence-corrected chi connectivity index (χ3v) is 2.78. The summed E-state index contributed by atoms with van der Waals surface area (Å²) in [5, 5.41) is 9.18. The van der Waals surface area contributed by atoms with Crippen molar-refractivity contribution in [1.82, 2.24) is 0 Å². The minimum absolute atomic E-state index is 0.0255. The van der Waals surface area contributed by atoms with Gasteiger partial charge in [0.05, 0.1) is 19.8 Å². The summed E-state index contributed by atoms with van der Waals surface area (Å²) in [5.74, 6) is 0.664. The lowest BCUT2D eigenvalue weighted by atomic mass is 10.2. The molecule has 102 valence electrons. The van der Waals surface area contributed by atoms with Crippen LogP contribution in [-0.4, -0.2) is 36.9 Å². The van der Waals surface area contributed by atoms with E-state index in [4.69, 9.17) is 21.1 Å². The highest BCUT2D eigenvalue weighted by Gasteiger charge is 2.08. The van der Waals surface area contributed by atoms with Crippen LogP contribution in [0.2, 0.25) is 0 Å². The molecule has 0 bridgehead atoms. The first-order valence-corrected chi connectivity index (χ1v) is 6.80. The fraction of sp³-hybridized carbons (Fsp3) is 0.571. The number of aliphatic hydroxyl groups excluding tert-OH is 1. The fourth-order valence-electron chi connectivity index (χ4n) is 1.46. The van der Waals surface area contributed by atoms with Gasteiger partial charge in [0.25, 0.3) is 0 Å². The zero-order valence-corrected chi connectivity index (χ0v) is 11.3. The molecule has 0 saturated carbocycles. The predicted octanol–water partition coefficient (Wildman–Crippen LogP) is 2.60. The summed E-state index contributed by atoms with van der Waals surface area (Å²) in [4.78, 5) is 0. The van der Waals surface area contributed by atoms with Gasteiger partial charge in [0.15, 0.2) is 0 Å². The number of halogens is 1. The summed E-state index contributed by atoms with van der Waals surface area (Å²) in [6.07, 6.45) is 1.64. The van der Waals surface area contributed by atoms with Crippen molar-refractivity contribution in [3.63, 3.8) is 0 Å². The largest absolute Gasteiger partial charge is 0.394 e. The van der Waals surface area contributed by atoms with Gasteiger partial charge in [0.2, 0.25) is 0 Å². The normalized spacial score (nSPS) is 12.6. The second-order valence-corrected chi connectivity index (χ2v) is 4.45. The number of benzene rings is 1. The third kappa shape index (κ3) is 6.97. The van der Waals surface area contributed by atoms with E-state index in [0.717, 1.165) is 18.4 Å². The number of aliphatic hydroxyl groups is 1. The molecule has 0 saturated heterocycles. The van der Waals surface area contributed by atoms with Crippen molar-refractivity contribution < 1.29 is 14.6 Å². The van der Waals surface area contributed by atoms with Crippen molar-refractivity contribution >= 4 is 11.6 Å². The van der Waals surface area contributed by atoms with E-state index in [1.54, 1.807) is 0 Å². The molecule has 1 rings (SSSR count). The first-order valence-electron chi connectivity index (χ1n) is 6.27. The van der Waals surface area contributed by atoms with Crippen molar-refractivity contribution in [2.24, 2.45) is 0 Å². The van der Waals surface area contributed by atoms with Crippen LogP contribution < -0.4 is 0 Å². The lowest BCUT2D eigenvalue weighted by molar-refractivity contribution is -0.0500. The summed E-state index contributed by atoms with van der Waals surface area (Å²) in [7, 11) is 0. The third-order valence-electron chi connectivity index (χ3n) is 2.51. The van der Waals surface area contributed by atoms with Crippen LogP contribution in [0.4, 0.5) is 0 Å². The van der Waals surface area contributed by atoms with Gasteiger partial charge in [-0.25, -0.2) is 0 Å². The molecule has 0 aliphatic carbocycles. The van der Waals surface area contributed by atoms with Gasteiger partial charge in [-0.05, 0) is 18.4 Å². The van der Waals surface area contributed by atoms with Crippen LogP contribution >= 0.6 is 11.6 Å². The molecule has 0 amide bonds. The van der Waals surface area contributed by atoms with E-state index in [-0.39, 0.29) is 12.7 Å². The quantitative estimate of drug-likeness (QED) is 0.526. The minimum Gasteiger partial charge on any atom is -0.394 e. The van der Waals surface area contributed by atoms with E-state index >= 15 is 0 Å². The summed E-state index contributed by atoms with van der Waals surface area (Å²) in [5.41, 5.74) is 1.10. The SMILES string of the molecule is OCC(COCCCCCl)OCc1ccccc1. The average molecular weight is 273 g/mol. The monoisotopic (exact) mass is 272 g/mol. The van der Waals surface area contributed by atoms with Gasteiger partial charge >= 0.3 is 0 Å². The molecular weight excluding hydrogens is 252 g/mol. The van der Waals surface area contributed by atoms with Gasteiger partial charge in [-0.15, -0.1) is 11.6 Å². The molecule has 18 heavy (non-hydrogen) atoms. The van der Waals surface area contributed by atoms with Crippen LogP contribution in [0.25, 0.3) is 0 Å². The molecule has 0 aromatic heterocycles. The molecule has 1 aromatic rings. The molecule has 1 atom stereocenters. The molecule has 1 N–H and O–H groups in total. The van der Waals surface area contributed by atoms with Crippen molar-refractivity contribution in [3.05, 3.63) is 35.9 Å². The molecular formula is C14H21ClO3. The van der Waals surface area contributed by atoms with Crippen molar-refractivity contribution in [2.45, 2.75) is 25.6 Å². The Morgan fingerprint density at radius 1 is 1.17 bits per heavy atom. The maximum atomic E-state index is 9.18. The van der Waals surface area contributed by atoms with Crippen LogP contribution in [0.1, 0.15) is 18.4 Å². The van der Waals surface area contributed by atoms with Crippen LogP contribution in [0.3, 0.4) is 0 Å². The van der Waals surface area contributed by atoms with Gasteiger partial charge in [0, 0.05) is 12.5 Å². The Hall–Kier alpha value is -0.610. The summed E-state index contributed by atoms with van der Waals surface area (Å²) in [6.45, 7) is 1.56. The number of alkyl halides is 1. The van der Waals surface area contributed by atoms with Gasteiger partial charge in [0.1, 0.15) is 6.10 Å². The van der Waals surface area contributed by atoms with E-state index in [9.17, 15) is 5.11 Å². The van der Waals surface area contributed by atoms with Crippen molar-refractivity contribution in [3.8, 4) is 0 Å². The lowest BCUT2D eigenvalue weighted by Crippen LogP contribution is -2.24. The molecule has 3 nitrogen and oxygen atoms in total. The Balaban J connectivity index is 2.13. The smallest absolute Gasteiger partial charge is 0.104 e. The van der Waals surface area contributed by atoms with Gasteiger partial charge < -0.3 is 14.6 Å². The van der Waals surface area contributed by atoms with Crippen molar-refractivity contribution in [2.75, 3.05) is 25.7 Å². The zero-order valence-electron chi connectivity index (χ0n) is 10.6. The minimum atomic E-state index is -0.263. The first-order chi connectivity index (χ1) is 8.86. The first kappa shape index (κ1) is 15.4. The topological polar surface area (TPSA) is 38.7 Å². The molecule has 1 unspecified atom stereocenters. The highest BCUT2D eigenvalue weighted by molar-refractivity contribution is 6.17. The Labute approximate surface area is 114 Å². The standard InChI is InChI=1S/C14H21ClO3/c15-8-4-5-9-17-12-14(10-16)18-11-13-6-2-1-3-7-13/h1-3,6-7,14,16H,4-5,8-12H2. The molecule has 0 fully saturated rings. The van der Waals surface area contributed by atoms with E-state index in [2.05, 4.69) is 0 Å². The predicted molar refractivity (Wildman–Crippen MR) is 72.9 cm³/mol. The second kappa shape index (κ2) is 10.3. The number of hydrogen-bond donors (Lipinski definition) is 1. The Morgan fingerprint density at radius 3 is 2.61 bits per heavy atom. The number of unbranched alkanes of at least 4 members (excludes halogenated alkanes) is 1. The zero-order chi connectivity index (χ0) is 13.1. The summed E-state index contributed by atoms with van der Waals surface area (Å²) >= 11 is 5.57. The Kier molecular flexibility index (Phi) is 8.86. The van der Waals surface area contributed by atoms with Gasteiger partial charge in [-0.3, -0.25) is 0 Å². The number of ether oxygens (including phenoxy) is 2. The Bertz CT molecular complexity index is 292. The molecule has 0 radical (unpaired) electrons. The average Bonchev–Trinajstić information content (AvgIpc) is 2.43. The van der Waals surface area contributed by atoms with E-state index in [0.29, 0.717) is 25.7 Å². The second-order valence-electron chi connectivity index (χ2n) is 4.07. The summed E-state index contributed by atoms with van der Waals surface area (Å²) < 4.78 is 11.0. The van der Waals surface area contributed by atoms with Crippen LogP contribution in [0.5, 0.6) is 0 Å². The molecule has 1 aromatic carbocycles. The van der Waals surface area contributed by atoms with E-state index in [1.807, 2.05) is 30.3 Å². The van der Waals surface area contributed by atoms with Gasteiger partial charge in [-0.1, -0.05) is 30.3 Å². The van der Waals surface area contributed by atoms with Gasteiger partial charge in [-0.2, -0.15) is 0 Å².